The number of rotatable bonds is 16. The minimum absolute atomic E-state index is 0.321. The van der Waals surface area contributed by atoms with Crippen LogP contribution in [0, 0.1) is 6.92 Å². The molecule has 0 aliphatic heterocycles. The topological polar surface area (TPSA) is 26.3 Å². The van der Waals surface area contributed by atoms with Gasteiger partial charge in [-0.15, -0.1) is 0 Å². The predicted molar refractivity (Wildman–Crippen MR) is 151 cm³/mol. The second-order valence-corrected chi connectivity index (χ2v) is 14.9. The third kappa shape index (κ3) is 8.48. The first-order chi connectivity index (χ1) is 16.5. The highest BCUT2D eigenvalue weighted by Crippen LogP contribution is 2.39. The third-order valence-corrected chi connectivity index (χ3v) is 12.4. The van der Waals surface area contributed by atoms with Crippen molar-refractivity contribution in [3.05, 3.63) is 89.4 Å². The molecule has 0 fully saturated rings. The van der Waals surface area contributed by atoms with Crippen LogP contribution < -0.4 is 0 Å². The van der Waals surface area contributed by atoms with Crippen molar-refractivity contribution in [1.29, 1.82) is 0 Å². The summed E-state index contributed by atoms with van der Waals surface area (Å²) in [6.45, 7) is 12.8. The quantitative estimate of drug-likeness (QED) is 0.171. The van der Waals surface area contributed by atoms with Crippen LogP contribution in [0.3, 0.4) is 0 Å². The van der Waals surface area contributed by atoms with Gasteiger partial charge in [0.25, 0.3) is 0 Å². The fraction of sp³-hybridized carbons (Fsp3) is 0.467. The zero-order valence-corrected chi connectivity index (χ0v) is 23.5. The van der Waals surface area contributed by atoms with Gasteiger partial charge in [0.1, 0.15) is 6.10 Å². The number of unbranched alkanes of at least 4 members (excludes halogenated alkanes) is 3. The lowest BCUT2D eigenvalue weighted by Gasteiger charge is -2.37. The maximum atomic E-state index is 13.9. The maximum absolute atomic E-state index is 13.9. The van der Waals surface area contributed by atoms with Gasteiger partial charge in [0.05, 0.1) is 15.7 Å². The predicted octanol–water partition coefficient (Wildman–Crippen LogP) is 9.28. The minimum atomic E-state index is -2.06. The van der Waals surface area contributed by atoms with Crippen molar-refractivity contribution >= 4 is 19.1 Å². The van der Waals surface area contributed by atoms with Crippen molar-refractivity contribution in [2.75, 3.05) is 0 Å². The number of benzene rings is 2. The number of hydrogen-bond acceptors (Lipinski definition) is 2. The minimum Gasteiger partial charge on any atom is -0.405 e. The summed E-state index contributed by atoms with van der Waals surface area (Å²) in [5, 5.41) is 0. The Labute approximate surface area is 212 Å². The van der Waals surface area contributed by atoms with Crippen molar-refractivity contribution in [3.8, 4) is 0 Å². The maximum Gasteiger partial charge on any atom is 0.194 e. The van der Waals surface area contributed by atoms with Crippen molar-refractivity contribution in [1.82, 2.24) is 0 Å². The summed E-state index contributed by atoms with van der Waals surface area (Å²) < 4.78 is 21.3. The molecule has 0 N–H and O–H groups in total. The van der Waals surface area contributed by atoms with Gasteiger partial charge in [-0.3, -0.25) is 0 Å². The molecule has 0 aliphatic rings. The largest absolute Gasteiger partial charge is 0.405 e. The highest BCUT2D eigenvalue weighted by atomic mass is 32.2. The molecule has 0 unspecified atom stereocenters. The molecule has 0 heterocycles. The third-order valence-electron chi connectivity index (χ3n) is 6.42. The van der Waals surface area contributed by atoms with Gasteiger partial charge in [-0.05, 0) is 48.8 Å². The summed E-state index contributed by atoms with van der Waals surface area (Å²) in [4.78, 5) is 1.61. The second-order valence-electron chi connectivity index (χ2n) is 9.29. The Kier molecular flexibility index (Phi) is 12.8. The van der Waals surface area contributed by atoms with E-state index < -0.39 is 19.1 Å². The Hall–Kier alpha value is -1.75. The average molecular weight is 497 g/mol. The van der Waals surface area contributed by atoms with Crippen LogP contribution in [-0.4, -0.2) is 12.5 Å². The molecule has 2 nitrogen and oxygen atoms in total. The Balaban J connectivity index is 2.57. The number of aryl methyl sites for hydroxylation is 1. The summed E-state index contributed by atoms with van der Waals surface area (Å²) >= 11 is 0. The Bertz CT molecular complexity index is 883. The van der Waals surface area contributed by atoms with Crippen LogP contribution in [0.15, 0.2) is 83.1 Å². The Morgan fingerprint density at radius 1 is 0.912 bits per heavy atom. The fourth-order valence-corrected chi connectivity index (χ4v) is 10.6. The zero-order chi connectivity index (χ0) is 24.8. The molecule has 34 heavy (non-hydrogen) atoms. The fourth-order valence-electron chi connectivity index (χ4n) is 4.38. The first kappa shape index (κ1) is 28.5. The first-order valence-electron chi connectivity index (χ1n) is 13.0. The molecule has 186 valence electrons. The van der Waals surface area contributed by atoms with E-state index in [0.29, 0.717) is 0 Å². The summed E-state index contributed by atoms with van der Waals surface area (Å²) in [5.41, 5.74) is 2.24. The van der Waals surface area contributed by atoms with Gasteiger partial charge < -0.3 is 4.43 Å². The molecule has 0 spiro atoms. The van der Waals surface area contributed by atoms with Gasteiger partial charge in [-0.2, -0.15) is 0 Å². The molecule has 0 aliphatic carbocycles. The molecule has 0 amide bonds. The lowest BCUT2D eigenvalue weighted by molar-refractivity contribution is 0.229. The molecule has 2 aromatic rings. The molecule has 2 aromatic carbocycles. The summed E-state index contributed by atoms with van der Waals surface area (Å²) in [5.74, 6) is 0. The van der Waals surface area contributed by atoms with Crippen LogP contribution in [0.25, 0.3) is 0 Å². The molecular formula is C30H44O2SSi. The Morgan fingerprint density at radius 3 is 1.91 bits per heavy atom. The molecule has 2 atom stereocenters. The summed E-state index contributed by atoms with van der Waals surface area (Å²) in [7, 11) is -3.39. The average Bonchev–Trinajstić information content (AvgIpc) is 2.87. The first-order valence-corrected chi connectivity index (χ1v) is 16.7. The monoisotopic (exact) mass is 496 g/mol. The van der Waals surface area contributed by atoms with Crippen molar-refractivity contribution in [2.45, 2.75) is 95.4 Å². The highest BCUT2D eigenvalue weighted by molar-refractivity contribution is 7.89. The van der Waals surface area contributed by atoms with Crippen LogP contribution in [-0.2, 0) is 15.2 Å². The standard InChI is InChI=1S/C30H44O2SSi/c1-6-10-23-34(24-11-7-2,25-12-8-3)32-30(27-17-14-13-15-18-27)29(16-9-4)33(31)28-21-19-26(5)20-22-28/h9,13-22,30H,4,6-8,10-12,23-25H2,1-3,5H3/b29-16+/t30-,33-/m0/s1. The molecule has 0 aromatic heterocycles. The van der Waals surface area contributed by atoms with E-state index in [0.717, 1.165) is 20.9 Å². The lowest BCUT2D eigenvalue weighted by Crippen LogP contribution is -2.40. The van der Waals surface area contributed by atoms with E-state index in [2.05, 4.69) is 58.5 Å². The van der Waals surface area contributed by atoms with Crippen LogP contribution >= 0.6 is 0 Å². The van der Waals surface area contributed by atoms with Crippen LogP contribution in [0.1, 0.15) is 76.5 Å². The van der Waals surface area contributed by atoms with Crippen LogP contribution in [0.2, 0.25) is 18.1 Å². The van der Waals surface area contributed by atoms with Gasteiger partial charge in [-0.1, -0.05) is 120 Å². The van der Waals surface area contributed by atoms with E-state index in [-0.39, 0.29) is 6.10 Å². The van der Waals surface area contributed by atoms with E-state index in [1.807, 2.05) is 36.4 Å². The van der Waals surface area contributed by atoms with Gasteiger partial charge in [0.15, 0.2) is 8.32 Å². The normalized spacial score (nSPS) is 14.1. The molecule has 4 heteroatoms. The van der Waals surface area contributed by atoms with E-state index in [9.17, 15) is 4.21 Å². The highest BCUT2D eigenvalue weighted by Gasteiger charge is 2.38. The van der Waals surface area contributed by atoms with Crippen molar-refractivity contribution in [3.63, 3.8) is 0 Å². The van der Waals surface area contributed by atoms with Crippen molar-refractivity contribution in [2.24, 2.45) is 0 Å². The number of hydrogen-bond donors (Lipinski definition) is 0. The van der Waals surface area contributed by atoms with Gasteiger partial charge in [0.2, 0.25) is 0 Å². The zero-order valence-electron chi connectivity index (χ0n) is 21.7. The van der Waals surface area contributed by atoms with Crippen LogP contribution in [0.5, 0.6) is 0 Å². The van der Waals surface area contributed by atoms with E-state index >= 15 is 0 Å². The molecule has 0 bridgehead atoms. The van der Waals surface area contributed by atoms with E-state index in [4.69, 9.17) is 4.43 Å². The molecule has 2 rings (SSSR count). The van der Waals surface area contributed by atoms with Gasteiger partial charge >= 0.3 is 0 Å². The van der Waals surface area contributed by atoms with Gasteiger partial charge in [-0.25, -0.2) is 4.21 Å². The summed E-state index contributed by atoms with van der Waals surface area (Å²) in [6, 6.07) is 21.9. The van der Waals surface area contributed by atoms with Gasteiger partial charge in [0, 0.05) is 4.90 Å². The number of allylic oxidation sites excluding steroid dienone is 2. The molecular weight excluding hydrogens is 452 g/mol. The van der Waals surface area contributed by atoms with Crippen molar-refractivity contribution < 1.29 is 8.63 Å². The molecule has 0 saturated heterocycles. The van der Waals surface area contributed by atoms with Crippen LogP contribution in [0.4, 0.5) is 0 Å². The smallest absolute Gasteiger partial charge is 0.194 e. The lowest BCUT2D eigenvalue weighted by atomic mass is 10.1. The summed E-state index contributed by atoms with van der Waals surface area (Å²) in [6.07, 6.45) is 10.5. The SMILES string of the molecule is C=C/C=C(\[C@@H](O[Si](CCCC)(CCCC)CCCC)c1ccccc1)[S@@](=O)c1ccc(C)cc1. The van der Waals surface area contributed by atoms with E-state index in [1.54, 1.807) is 6.08 Å². The molecule has 0 radical (unpaired) electrons. The van der Waals surface area contributed by atoms with E-state index in [1.165, 1.54) is 56.7 Å². The Morgan fingerprint density at radius 2 is 1.44 bits per heavy atom. The molecule has 0 saturated carbocycles. The second kappa shape index (κ2) is 15.3.